The maximum Gasteiger partial charge on any atom is 0.0412 e. The van der Waals surface area contributed by atoms with Crippen LogP contribution in [0.25, 0.3) is 0 Å². The van der Waals surface area contributed by atoms with Gasteiger partial charge < -0.3 is 5.73 Å². The van der Waals surface area contributed by atoms with Gasteiger partial charge in [-0.25, -0.2) is 0 Å². The Hall–Kier alpha value is -0.820. The molecule has 2 atom stereocenters. The van der Waals surface area contributed by atoms with Crippen LogP contribution in [-0.2, 0) is 11.0 Å². The number of rotatable bonds is 2. The summed E-state index contributed by atoms with van der Waals surface area (Å²) < 4.78 is 0. The lowest BCUT2D eigenvalue weighted by Gasteiger charge is -2.38. The maximum atomic E-state index is 6.71. The highest BCUT2D eigenvalue weighted by Crippen LogP contribution is 2.39. The van der Waals surface area contributed by atoms with Crippen molar-refractivity contribution in [3.8, 4) is 0 Å². The molecule has 2 unspecified atom stereocenters. The minimum atomic E-state index is -0.0880. The maximum absolute atomic E-state index is 6.71. The predicted octanol–water partition coefficient (Wildman–Crippen LogP) is 4.74. The number of benzene rings is 1. The molecule has 0 radical (unpaired) electrons. The minimum absolute atomic E-state index is 0.0880. The Labute approximate surface area is 118 Å². The van der Waals surface area contributed by atoms with Crippen LogP contribution in [0.4, 0.5) is 0 Å². The molecule has 1 heteroatoms. The molecular formula is C18H29N. The van der Waals surface area contributed by atoms with Crippen molar-refractivity contribution in [1.82, 2.24) is 0 Å². The van der Waals surface area contributed by atoms with E-state index in [4.69, 9.17) is 5.73 Å². The minimum Gasteiger partial charge on any atom is -0.321 e. The average molecular weight is 259 g/mol. The zero-order chi connectivity index (χ0) is 14.1. The van der Waals surface area contributed by atoms with Crippen LogP contribution in [0.3, 0.4) is 0 Å². The second-order valence-corrected chi connectivity index (χ2v) is 7.35. The third-order valence-electron chi connectivity index (χ3n) is 4.79. The molecule has 2 N–H and O–H groups in total. The van der Waals surface area contributed by atoms with Gasteiger partial charge in [0.25, 0.3) is 0 Å². The third-order valence-corrected chi connectivity index (χ3v) is 4.79. The van der Waals surface area contributed by atoms with Crippen molar-refractivity contribution in [3.63, 3.8) is 0 Å². The van der Waals surface area contributed by atoms with Crippen LogP contribution >= 0.6 is 0 Å². The fourth-order valence-electron chi connectivity index (χ4n) is 3.34. The Balaban J connectivity index is 2.21. The van der Waals surface area contributed by atoms with Gasteiger partial charge >= 0.3 is 0 Å². The van der Waals surface area contributed by atoms with E-state index in [0.717, 1.165) is 18.8 Å². The number of hydrogen-bond acceptors (Lipinski definition) is 1. The fourth-order valence-corrected chi connectivity index (χ4v) is 3.34. The summed E-state index contributed by atoms with van der Waals surface area (Å²) in [6, 6.07) is 9.05. The van der Waals surface area contributed by atoms with Crippen LogP contribution in [-0.4, -0.2) is 0 Å². The van der Waals surface area contributed by atoms with E-state index in [-0.39, 0.29) is 11.0 Å². The number of nitrogens with two attached hydrogens (primary N) is 1. The van der Waals surface area contributed by atoms with Crippen LogP contribution in [0.1, 0.15) is 70.9 Å². The average Bonchev–Trinajstić information content (AvgIpc) is 2.38. The van der Waals surface area contributed by atoms with E-state index in [1.807, 2.05) is 0 Å². The van der Waals surface area contributed by atoms with E-state index in [2.05, 4.69) is 52.0 Å². The first-order valence-electron chi connectivity index (χ1n) is 7.75. The van der Waals surface area contributed by atoms with Gasteiger partial charge in [-0.1, -0.05) is 71.2 Å². The Bertz CT molecular complexity index is 412. The zero-order valence-corrected chi connectivity index (χ0v) is 13.0. The molecule has 1 fully saturated rings. The lowest BCUT2D eigenvalue weighted by molar-refractivity contribution is 0.221. The summed E-state index contributed by atoms with van der Waals surface area (Å²) in [5, 5.41) is 0. The van der Waals surface area contributed by atoms with Crippen LogP contribution in [0.15, 0.2) is 24.3 Å². The van der Waals surface area contributed by atoms with Crippen molar-refractivity contribution in [2.45, 2.75) is 70.8 Å². The van der Waals surface area contributed by atoms with Crippen LogP contribution in [0.5, 0.6) is 0 Å². The van der Waals surface area contributed by atoms with Gasteiger partial charge in [-0.3, -0.25) is 0 Å². The zero-order valence-electron chi connectivity index (χ0n) is 13.0. The molecule has 106 valence electrons. The molecule has 0 amide bonds. The molecule has 0 saturated heterocycles. The van der Waals surface area contributed by atoms with Gasteiger partial charge in [0.2, 0.25) is 0 Å². The molecule has 1 aliphatic carbocycles. The van der Waals surface area contributed by atoms with Gasteiger partial charge in [-0.2, -0.15) is 0 Å². The SMILES string of the molecule is CCC1CCCC(N)(c2ccc(C(C)(C)C)cc2)C1. The van der Waals surface area contributed by atoms with Gasteiger partial charge in [-0.05, 0) is 35.3 Å². The first kappa shape index (κ1) is 14.6. The van der Waals surface area contributed by atoms with E-state index in [1.54, 1.807) is 0 Å². The van der Waals surface area contributed by atoms with Crippen LogP contribution in [0.2, 0.25) is 0 Å². The lowest BCUT2D eigenvalue weighted by atomic mass is 9.71. The highest BCUT2D eigenvalue weighted by atomic mass is 14.7. The molecular weight excluding hydrogens is 230 g/mol. The van der Waals surface area contributed by atoms with Crippen molar-refractivity contribution in [3.05, 3.63) is 35.4 Å². The molecule has 1 nitrogen and oxygen atoms in total. The lowest BCUT2D eigenvalue weighted by Crippen LogP contribution is -2.41. The summed E-state index contributed by atoms with van der Waals surface area (Å²) in [5.41, 5.74) is 9.56. The molecule has 1 saturated carbocycles. The summed E-state index contributed by atoms with van der Waals surface area (Å²) in [4.78, 5) is 0. The predicted molar refractivity (Wildman–Crippen MR) is 83.3 cm³/mol. The Morgan fingerprint density at radius 1 is 1.21 bits per heavy atom. The van der Waals surface area contributed by atoms with Crippen molar-refractivity contribution >= 4 is 0 Å². The highest BCUT2D eigenvalue weighted by molar-refractivity contribution is 5.32. The summed E-state index contributed by atoms with van der Waals surface area (Å²) in [5.74, 6) is 0.807. The van der Waals surface area contributed by atoms with E-state index < -0.39 is 0 Å². The van der Waals surface area contributed by atoms with Crippen molar-refractivity contribution < 1.29 is 0 Å². The van der Waals surface area contributed by atoms with Gasteiger partial charge in [-0.15, -0.1) is 0 Å². The molecule has 1 aromatic carbocycles. The van der Waals surface area contributed by atoms with E-state index >= 15 is 0 Å². The number of hydrogen-bond donors (Lipinski definition) is 1. The second kappa shape index (κ2) is 5.28. The largest absolute Gasteiger partial charge is 0.321 e. The van der Waals surface area contributed by atoms with Gasteiger partial charge in [0.1, 0.15) is 0 Å². The Kier molecular flexibility index (Phi) is 4.06. The van der Waals surface area contributed by atoms with Crippen molar-refractivity contribution in [2.24, 2.45) is 11.7 Å². The first-order chi connectivity index (χ1) is 8.85. The normalized spacial score (nSPS) is 28.4. The molecule has 2 rings (SSSR count). The van der Waals surface area contributed by atoms with E-state index in [1.165, 1.54) is 30.4 Å². The fraction of sp³-hybridized carbons (Fsp3) is 0.667. The highest BCUT2D eigenvalue weighted by Gasteiger charge is 2.33. The monoisotopic (exact) mass is 259 g/mol. The van der Waals surface area contributed by atoms with Crippen molar-refractivity contribution in [2.75, 3.05) is 0 Å². The summed E-state index contributed by atoms with van der Waals surface area (Å²) in [6.45, 7) is 9.06. The van der Waals surface area contributed by atoms with Gasteiger partial charge in [0.05, 0.1) is 0 Å². The molecule has 0 spiro atoms. The summed E-state index contributed by atoms with van der Waals surface area (Å²) in [7, 11) is 0. The Morgan fingerprint density at radius 2 is 1.84 bits per heavy atom. The molecule has 1 aromatic rings. The van der Waals surface area contributed by atoms with E-state index in [0.29, 0.717) is 0 Å². The van der Waals surface area contributed by atoms with Crippen LogP contribution in [0, 0.1) is 5.92 Å². The topological polar surface area (TPSA) is 26.0 Å². The molecule has 0 heterocycles. The van der Waals surface area contributed by atoms with Gasteiger partial charge in [0.15, 0.2) is 0 Å². The van der Waals surface area contributed by atoms with Crippen molar-refractivity contribution in [1.29, 1.82) is 0 Å². The molecule has 0 aliphatic heterocycles. The second-order valence-electron chi connectivity index (χ2n) is 7.35. The van der Waals surface area contributed by atoms with Gasteiger partial charge in [0, 0.05) is 5.54 Å². The molecule has 0 aromatic heterocycles. The Morgan fingerprint density at radius 3 is 2.37 bits per heavy atom. The molecule has 19 heavy (non-hydrogen) atoms. The van der Waals surface area contributed by atoms with Crippen LogP contribution < -0.4 is 5.73 Å². The summed E-state index contributed by atoms with van der Waals surface area (Å²) in [6.07, 6.45) is 6.18. The smallest absolute Gasteiger partial charge is 0.0412 e. The molecule has 0 bridgehead atoms. The first-order valence-corrected chi connectivity index (χ1v) is 7.75. The quantitative estimate of drug-likeness (QED) is 0.815. The molecule has 1 aliphatic rings. The summed E-state index contributed by atoms with van der Waals surface area (Å²) >= 11 is 0. The third kappa shape index (κ3) is 3.20. The standard InChI is InChI=1S/C18H29N/c1-5-14-7-6-12-18(19,13-14)16-10-8-15(9-11-16)17(2,3)4/h8-11,14H,5-7,12-13,19H2,1-4H3. The van der Waals surface area contributed by atoms with E-state index in [9.17, 15) is 0 Å².